The van der Waals surface area contributed by atoms with Crippen LogP contribution < -0.4 is 15.4 Å². The molecule has 1 aliphatic heterocycles. The molecular weight excluding hydrogens is 433 g/mol. The number of anilines is 1. The molecule has 1 heterocycles. The lowest BCUT2D eigenvalue weighted by atomic mass is 10.0. The van der Waals surface area contributed by atoms with Gasteiger partial charge in [0.1, 0.15) is 11.9 Å². The third-order valence-electron chi connectivity index (χ3n) is 5.01. The van der Waals surface area contributed by atoms with Crippen molar-refractivity contribution in [2.45, 2.75) is 30.5 Å². The number of hydrogen-bond acceptors (Lipinski definition) is 5. The molecule has 0 aromatic heterocycles. The lowest BCUT2D eigenvalue weighted by Crippen LogP contribution is -2.35. The zero-order valence-corrected chi connectivity index (χ0v) is 17.6. The molecule has 31 heavy (non-hydrogen) atoms. The second kappa shape index (κ2) is 9.27. The fraction of sp³-hybridized carbons (Fsp3) is 0.381. The number of nitrogens with one attached hydrogen (secondary N) is 2. The molecule has 1 unspecified atom stereocenters. The molecule has 0 radical (unpaired) electrons. The van der Waals surface area contributed by atoms with Crippen LogP contribution in [0.25, 0.3) is 0 Å². The number of benzene rings is 2. The van der Waals surface area contributed by atoms with Crippen molar-refractivity contribution < 1.29 is 31.1 Å². The summed E-state index contributed by atoms with van der Waals surface area (Å²) in [5, 5.41) is 5.72. The number of hydrogen-bond donors (Lipinski definition) is 2. The van der Waals surface area contributed by atoms with Gasteiger partial charge in [0.15, 0.2) is 9.84 Å². The fourth-order valence-electron chi connectivity index (χ4n) is 3.42. The monoisotopic (exact) mass is 456 g/mol. The smallest absolute Gasteiger partial charge is 0.416 e. The van der Waals surface area contributed by atoms with Crippen LogP contribution >= 0.6 is 0 Å². The van der Waals surface area contributed by atoms with E-state index >= 15 is 0 Å². The minimum Gasteiger partial charge on any atom is -0.489 e. The number of sulfone groups is 1. The Bertz CT molecular complexity index is 1000. The largest absolute Gasteiger partial charge is 0.489 e. The Balaban J connectivity index is 1.78. The number of halogens is 3. The first-order valence-electron chi connectivity index (χ1n) is 9.69. The van der Waals surface area contributed by atoms with Crippen molar-refractivity contribution in [3.8, 4) is 5.75 Å². The van der Waals surface area contributed by atoms with E-state index in [1.807, 2.05) is 0 Å². The summed E-state index contributed by atoms with van der Waals surface area (Å²) >= 11 is 0. The van der Waals surface area contributed by atoms with Gasteiger partial charge in [-0.1, -0.05) is 0 Å². The Kier molecular flexibility index (Phi) is 6.90. The van der Waals surface area contributed by atoms with Gasteiger partial charge in [0.05, 0.1) is 16.2 Å². The number of carbonyl (C=O) groups excluding carboxylic acids is 1. The highest BCUT2D eigenvalue weighted by Crippen LogP contribution is 2.31. The van der Waals surface area contributed by atoms with Crippen molar-refractivity contribution in [1.29, 1.82) is 0 Å². The Morgan fingerprint density at radius 3 is 2.32 bits per heavy atom. The highest BCUT2D eigenvalue weighted by molar-refractivity contribution is 7.91. The average Bonchev–Trinajstić information content (AvgIpc) is 3.22. The molecule has 10 heteroatoms. The molecule has 0 spiro atoms. The number of rotatable bonds is 7. The van der Waals surface area contributed by atoms with Gasteiger partial charge >= 0.3 is 6.18 Å². The van der Waals surface area contributed by atoms with Crippen LogP contribution in [0.5, 0.6) is 5.75 Å². The van der Waals surface area contributed by atoms with Gasteiger partial charge < -0.3 is 15.4 Å². The Morgan fingerprint density at radius 1 is 1.16 bits per heavy atom. The van der Waals surface area contributed by atoms with E-state index in [-0.39, 0.29) is 28.2 Å². The lowest BCUT2D eigenvalue weighted by Gasteiger charge is -2.24. The number of alkyl halides is 3. The third kappa shape index (κ3) is 6.20. The Morgan fingerprint density at radius 2 is 1.81 bits per heavy atom. The van der Waals surface area contributed by atoms with Crippen LogP contribution in [-0.4, -0.2) is 39.3 Å². The zero-order chi connectivity index (χ0) is 22.6. The van der Waals surface area contributed by atoms with Crippen LogP contribution in [0.3, 0.4) is 0 Å². The Hall–Kier alpha value is -2.59. The predicted molar refractivity (Wildman–Crippen MR) is 110 cm³/mol. The SMILES string of the molecule is CC(=O)Nc1ccc(S(=O)(=O)C[C@@H](Oc2ccc(C(F)(F)F)cc2)C2CCNC2)cc1. The molecule has 1 amide bonds. The molecule has 2 N–H and O–H groups in total. The molecule has 6 nitrogen and oxygen atoms in total. The summed E-state index contributed by atoms with van der Waals surface area (Å²) in [6.07, 6.45) is -4.49. The molecule has 0 aliphatic carbocycles. The summed E-state index contributed by atoms with van der Waals surface area (Å²) in [6.45, 7) is 2.62. The molecule has 2 atom stereocenters. The molecule has 168 valence electrons. The van der Waals surface area contributed by atoms with Gasteiger partial charge in [-0.25, -0.2) is 8.42 Å². The Labute approximate surface area is 178 Å². The number of amides is 1. The van der Waals surface area contributed by atoms with Gasteiger partial charge in [-0.3, -0.25) is 4.79 Å². The van der Waals surface area contributed by atoms with Crippen molar-refractivity contribution in [3.63, 3.8) is 0 Å². The topological polar surface area (TPSA) is 84.5 Å². The van der Waals surface area contributed by atoms with Gasteiger partial charge in [-0.2, -0.15) is 13.2 Å². The van der Waals surface area contributed by atoms with E-state index < -0.39 is 27.7 Å². The maximum atomic E-state index is 13.0. The molecule has 2 aromatic rings. The van der Waals surface area contributed by atoms with Crippen LogP contribution in [0.15, 0.2) is 53.4 Å². The minimum absolute atomic E-state index is 0.0774. The summed E-state index contributed by atoms with van der Waals surface area (Å²) in [4.78, 5) is 11.2. The van der Waals surface area contributed by atoms with E-state index in [9.17, 15) is 26.4 Å². The van der Waals surface area contributed by atoms with Gasteiger partial charge in [-0.05, 0) is 61.5 Å². The van der Waals surface area contributed by atoms with Gasteiger partial charge in [0, 0.05) is 25.1 Å². The fourth-order valence-corrected chi connectivity index (χ4v) is 4.94. The van der Waals surface area contributed by atoms with Gasteiger partial charge in [0.25, 0.3) is 0 Å². The van der Waals surface area contributed by atoms with Crippen molar-refractivity contribution >= 4 is 21.4 Å². The van der Waals surface area contributed by atoms with E-state index in [1.54, 1.807) is 0 Å². The summed E-state index contributed by atoms with van der Waals surface area (Å²) in [5.41, 5.74) is -0.324. The zero-order valence-electron chi connectivity index (χ0n) is 16.8. The minimum atomic E-state index is -4.46. The second-order valence-electron chi connectivity index (χ2n) is 7.42. The van der Waals surface area contributed by atoms with Crippen LogP contribution in [0, 0.1) is 5.92 Å². The summed E-state index contributed by atoms with van der Waals surface area (Å²) < 4.78 is 70.2. The standard InChI is InChI=1S/C21H23F3N2O4S/c1-14(27)26-17-4-8-19(9-5-17)31(28,29)13-20(15-10-11-25-12-15)30-18-6-2-16(3-7-18)21(22,23)24/h2-9,15,20,25H,10-13H2,1H3,(H,26,27)/t15?,20-/m1/s1. The maximum absolute atomic E-state index is 13.0. The quantitative estimate of drug-likeness (QED) is 0.666. The van der Waals surface area contributed by atoms with Gasteiger partial charge in [0.2, 0.25) is 5.91 Å². The van der Waals surface area contributed by atoms with E-state index in [1.165, 1.54) is 43.3 Å². The summed E-state index contributed by atoms with van der Waals surface area (Å²) in [7, 11) is -3.74. The number of carbonyl (C=O) groups is 1. The molecule has 3 rings (SSSR count). The molecule has 1 aliphatic rings. The highest BCUT2D eigenvalue weighted by atomic mass is 32.2. The normalized spacial score (nSPS) is 17.9. The van der Waals surface area contributed by atoms with Gasteiger partial charge in [-0.15, -0.1) is 0 Å². The van der Waals surface area contributed by atoms with E-state index in [2.05, 4.69) is 10.6 Å². The van der Waals surface area contributed by atoms with E-state index in [4.69, 9.17) is 4.74 Å². The average molecular weight is 456 g/mol. The molecule has 0 bridgehead atoms. The second-order valence-corrected chi connectivity index (χ2v) is 9.45. The van der Waals surface area contributed by atoms with E-state index in [0.29, 0.717) is 25.2 Å². The first kappa shape index (κ1) is 23.1. The predicted octanol–water partition coefficient (Wildman–Crippen LogP) is 3.49. The van der Waals surface area contributed by atoms with Crippen molar-refractivity contribution in [3.05, 3.63) is 54.1 Å². The molecule has 1 fully saturated rings. The van der Waals surface area contributed by atoms with Crippen LogP contribution in [-0.2, 0) is 20.8 Å². The summed E-state index contributed by atoms with van der Waals surface area (Å²) in [6, 6.07) is 10.0. The summed E-state index contributed by atoms with van der Waals surface area (Å²) in [5.74, 6) is -0.508. The van der Waals surface area contributed by atoms with Crippen molar-refractivity contribution in [2.75, 3.05) is 24.2 Å². The van der Waals surface area contributed by atoms with Crippen LogP contribution in [0.2, 0.25) is 0 Å². The molecular formula is C21H23F3N2O4S. The molecule has 2 aromatic carbocycles. The van der Waals surface area contributed by atoms with Crippen LogP contribution in [0.4, 0.5) is 18.9 Å². The van der Waals surface area contributed by atoms with E-state index in [0.717, 1.165) is 12.1 Å². The molecule has 1 saturated heterocycles. The highest BCUT2D eigenvalue weighted by Gasteiger charge is 2.33. The molecule has 0 saturated carbocycles. The lowest BCUT2D eigenvalue weighted by molar-refractivity contribution is -0.137. The van der Waals surface area contributed by atoms with Crippen molar-refractivity contribution in [2.24, 2.45) is 5.92 Å². The number of ether oxygens (including phenoxy) is 1. The first-order valence-corrected chi connectivity index (χ1v) is 11.3. The maximum Gasteiger partial charge on any atom is 0.416 e. The van der Waals surface area contributed by atoms with Crippen molar-refractivity contribution in [1.82, 2.24) is 5.32 Å². The third-order valence-corrected chi connectivity index (χ3v) is 6.77. The first-order chi connectivity index (χ1) is 14.5. The van der Waals surface area contributed by atoms with Crippen LogP contribution in [0.1, 0.15) is 18.9 Å².